The molecule has 1 rings (SSSR count). The molecule has 15 heavy (non-hydrogen) atoms. The first-order valence-electron chi connectivity index (χ1n) is 5.21. The molecular weight excluding hydrogens is 212 g/mol. The Morgan fingerprint density at radius 3 is 2.40 bits per heavy atom. The lowest BCUT2D eigenvalue weighted by Gasteiger charge is -2.22. The molecule has 0 aliphatic carbocycles. The first-order valence-corrected chi connectivity index (χ1v) is 5.62. The molecule has 1 aromatic heterocycles. The Morgan fingerprint density at radius 1 is 1.40 bits per heavy atom. The second-order valence-corrected chi connectivity index (χ2v) is 3.95. The van der Waals surface area contributed by atoms with Gasteiger partial charge in [0.15, 0.2) is 4.77 Å². The molecule has 0 radical (unpaired) electrons. The van der Waals surface area contributed by atoms with E-state index >= 15 is 0 Å². The minimum absolute atomic E-state index is 0.0902. The molecule has 1 unspecified atom stereocenters. The molecule has 0 aromatic carbocycles. The number of hydrogen-bond donors (Lipinski definition) is 2. The van der Waals surface area contributed by atoms with Crippen molar-refractivity contribution in [2.45, 2.75) is 26.8 Å². The zero-order valence-corrected chi connectivity index (χ0v) is 10.2. The molecule has 0 saturated heterocycles. The van der Waals surface area contributed by atoms with Gasteiger partial charge in [0.2, 0.25) is 0 Å². The van der Waals surface area contributed by atoms with E-state index in [-0.39, 0.29) is 11.7 Å². The molecule has 0 saturated carbocycles. The van der Waals surface area contributed by atoms with Gasteiger partial charge in [-0.05, 0) is 32.2 Å². The third kappa shape index (κ3) is 2.79. The van der Waals surface area contributed by atoms with Crippen LogP contribution in [0.1, 0.15) is 26.8 Å². The molecule has 0 spiro atoms. The number of nitrogens with zero attached hydrogens (tertiary/aromatic N) is 2. The van der Waals surface area contributed by atoms with Gasteiger partial charge in [-0.15, -0.1) is 0 Å². The fourth-order valence-electron chi connectivity index (χ4n) is 1.66. The predicted octanol–water partition coefficient (Wildman–Crippen LogP) is 1.14. The molecule has 0 aliphatic rings. The van der Waals surface area contributed by atoms with Crippen molar-refractivity contribution in [1.29, 1.82) is 0 Å². The highest BCUT2D eigenvalue weighted by molar-refractivity contribution is 7.71. The van der Waals surface area contributed by atoms with Gasteiger partial charge in [0.1, 0.15) is 0 Å². The van der Waals surface area contributed by atoms with Crippen molar-refractivity contribution in [2.75, 3.05) is 19.6 Å². The van der Waals surface area contributed by atoms with Gasteiger partial charge in [-0.1, -0.05) is 13.8 Å². The van der Waals surface area contributed by atoms with Crippen molar-refractivity contribution in [3.63, 3.8) is 0 Å². The highest BCUT2D eigenvalue weighted by Crippen LogP contribution is 2.04. The van der Waals surface area contributed by atoms with Crippen LogP contribution >= 0.6 is 12.2 Å². The van der Waals surface area contributed by atoms with E-state index in [0.717, 1.165) is 19.6 Å². The van der Waals surface area contributed by atoms with Gasteiger partial charge in [0, 0.05) is 6.54 Å². The molecule has 6 heteroatoms. The predicted molar refractivity (Wildman–Crippen MR) is 62.7 cm³/mol. The van der Waals surface area contributed by atoms with Crippen LogP contribution in [-0.2, 0) is 0 Å². The summed E-state index contributed by atoms with van der Waals surface area (Å²) < 4.78 is 2.04. The Hall–Kier alpha value is -0.880. The standard InChI is InChI=1S/C9H18N4OS/c1-4-12(5-2)6-7(3)13-8(14)10-11-9(13)15/h7H,4-6H2,1-3H3,(H,10,14)(H,11,15). The van der Waals surface area contributed by atoms with E-state index in [1.165, 1.54) is 0 Å². The first-order chi connectivity index (χ1) is 7.10. The van der Waals surface area contributed by atoms with E-state index in [1.54, 1.807) is 4.57 Å². The fourth-order valence-corrected chi connectivity index (χ4v) is 1.97. The smallest absolute Gasteiger partial charge is 0.302 e. The minimum atomic E-state index is -0.167. The van der Waals surface area contributed by atoms with Crippen LogP contribution in [0.3, 0.4) is 0 Å². The molecule has 5 nitrogen and oxygen atoms in total. The summed E-state index contributed by atoms with van der Waals surface area (Å²) in [6, 6.07) is 0.0902. The molecule has 0 aliphatic heterocycles. The number of aromatic amines is 2. The molecule has 1 aromatic rings. The SMILES string of the molecule is CCN(CC)CC(C)n1c(=O)[nH][nH]c1=S. The summed E-state index contributed by atoms with van der Waals surface area (Å²) >= 11 is 5.03. The Labute approximate surface area is 94.1 Å². The van der Waals surface area contributed by atoms with Crippen LogP contribution in [-0.4, -0.2) is 39.3 Å². The monoisotopic (exact) mass is 230 g/mol. The van der Waals surface area contributed by atoms with Crippen LogP contribution < -0.4 is 5.69 Å². The van der Waals surface area contributed by atoms with Crippen LogP contribution in [0.15, 0.2) is 4.79 Å². The van der Waals surface area contributed by atoms with Crippen LogP contribution in [0.25, 0.3) is 0 Å². The topological polar surface area (TPSA) is 56.8 Å². The second kappa shape index (κ2) is 5.27. The maximum Gasteiger partial charge on any atom is 0.342 e. The zero-order chi connectivity index (χ0) is 11.4. The number of rotatable bonds is 5. The quantitative estimate of drug-likeness (QED) is 0.746. The summed E-state index contributed by atoms with van der Waals surface area (Å²) in [5.74, 6) is 0. The van der Waals surface area contributed by atoms with E-state index in [2.05, 4.69) is 28.9 Å². The van der Waals surface area contributed by atoms with Gasteiger partial charge in [-0.3, -0.25) is 9.67 Å². The molecule has 1 heterocycles. The van der Waals surface area contributed by atoms with Gasteiger partial charge < -0.3 is 4.90 Å². The van der Waals surface area contributed by atoms with Crippen LogP contribution in [0.5, 0.6) is 0 Å². The zero-order valence-electron chi connectivity index (χ0n) is 9.41. The number of nitrogens with one attached hydrogen (secondary N) is 2. The molecule has 1 atom stereocenters. The van der Waals surface area contributed by atoms with Gasteiger partial charge >= 0.3 is 5.69 Å². The maximum atomic E-state index is 11.4. The first kappa shape index (κ1) is 12.2. The van der Waals surface area contributed by atoms with E-state index in [9.17, 15) is 4.79 Å². The Kier molecular flexibility index (Phi) is 4.28. The van der Waals surface area contributed by atoms with Gasteiger partial charge in [0.25, 0.3) is 0 Å². The van der Waals surface area contributed by atoms with Gasteiger partial charge in [-0.2, -0.15) is 0 Å². The molecule has 0 amide bonds. The fraction of sp³-hybridized carbons (Fsp3) is 0.778. The highest BCUT2D eigenvalue weighted by Gasteiger charge is 2.12. The number of aromatic nitrogens is 3. The molecule has 0 fully saturated rings. The number of hydrogen-bond acceptors (Lipinski definition) is 3. The lowest BCUT2D eigenvalue weighted by atomic mass is 10.3. The Bertz CT molecular complexity index is 373. The third-order valence-electron chi connectivity index (χ3n) is 2.57. The molecule has 86 valence electrons. The van der Waals surface area contributed by atoms with Crippen molar-refractivity contribution in [2.24, 2.45) is 0 Å². The molecule has 0 bridgehead atoms. The van der Waals surface area contributed by atoms with E-state index < -0.39 is 0 Å². The van der Waals surface area contributed by atoms with Crippen molar-refractivity contribution in [1.82, 2.24) is 19.7 Å². The second-order valence-electron chi connectivity index (χ2n) is 3.57. The number of likely N-dealkylation sites (N-methyl/N-ethyl adjacent to an activating group) is 1. The van der Waals surface area contributed by atoms with Gasteiger partial charge in [-0.25, -0.2) is 9.89 Å². The molecule has 2 N–H and O–H groups in total. The lowest BCUT2D eigenvalue weighted by molar-refractivity contribution is 0.258. The largest absolute Gasteiger partial charge is 0.342 e. The highest BCUT2D eigenvalue weighted by atomic mass is 32.1. The summed E-state index contributed by atoms with van der Waals surface area (Å²) in [4.78, 5) is 13.7. The molecular formula is C9H18N4OS. The Balaban J connectivity index is 2.81. The minimum Gasteiger partial charge on any atom is -0.302 e. The number of H-pyrrole nitrogens is 2. The van der Waals surface area contributed by atoms with Crippen molar-refractivity contribution < 1.29 is 0 Å². The summed E-state index contributed by atoms with van der Waals surface area (Å²) in [5, 5.41) is 5.14. The summed E-state index contributed by atoms with van der Waals surface area (Å²) in [6.45, 7) is 9.01. The van der Waals surface area contributed by atoms with E-state index in [0.29, 0.717) is 4.77 Å². The Morgan fingerprint density at radius 2 is 2.00 bits per heavy atom. The van der Waals surface area contributed by atoms with E-state index in [1.807, 2.05) is 6.92 Å². The third-order valence-corrected chi connectivity index (χ3v) is 2.87. The summed E-state index contributed by atoms with van der Waals surface area (Å²) in [7, 11) is 0. The summed E-state index contributed by atoms with van der Waals surface area (Å²) in [6.07, 6.45) is 0. The lowest BCUT2D eigenvalue weighted by Crippen LogP contribution is -2.33. The van der Waals surface area contributed by atoms with Gasteiger partial charge in [0.05, 0.1) is 6.04 Å². The summed E-state index contributed by atoms with van der Waals surface area (Å²) in [5.41, 5.74) is -0.167. The average molecular weight is 230 g/mol. The maximum absolute atomic E-state index is 11.4. The van der Waals surface area contributed by atoms with Crippen molar-refractivity contribution in [3.8, 4) is 0 Å². The van der Waals surface area contributed by atoms with Crippen molar-refractivity contribution >= 4 is 12.2 Å². The van der Waals surface area contributed by atoms with Crippen LogP contribution in [0, 0.1) is 4.77 Å². The normalized spacial score (nSPS) is 13.3. The van der Waals surface area contributed by atoms with Crippen molar-refractivity contribution in [3.05, 3.63) is 15.3 Å². The van der Waals surface area contributed by atoms with Crippen LogP contribution in [0.4, 0.5) is 0 Å². The average Bonchev–Trinajstić information content (AvgIpc) is 2.55. The van der Waals surface area contributed by atoms with Crippen LogP contribution in [0.2, 0.25) is 0 Å². The van der Waals surface area contributed by atoms with E-state index in [4.69, 9.17) is 12.2 Å².